The highest BCUT2D eigenvalue weighted by Gasteiger charge is 2.29. The van der Waals surface area contributed by atoms with Gasteiger partial charge in [0.25, 0.3) is 0 Å². The Labute approximate surface area is 169 Å². The lowest BCUT2D eigenvalue weighted by atomic mass is 9.78. The number of nitrogens with zero attached hydrogens (tertiary/aromatic N) is 2. The van der Waals surface area contributed by atoms with Crippen LogP contribution in [0.4, 0.5) is 10.8 Å². The lowest BCUT2D eigenvalue weighted by Gasteiger charge is -2.35. The molecule has 4 unspecified atom stereocenters. The van der Waals surface area contributed by atoms with E-state index < -0.39 is 0 Å². The fourth-order valence-electron chi connectivity index (χ4n) is 3.36. The molecule has 5 nitrogen and oxygen atoms in total. The van der Waals surface area contributed by atoms with E-state index in [1.807, 2.05) is 19.1 Å². The van der Waals surface area contributed by atoms with Crippen molar-refractivity contribution in [2.45, 2.75) is 62.6 Å². The zero-order chi connectivity index (χ0) is 19.4. The molecule has 1 heterocycles. The summed E-state index contributed by atoms with van der Waals surface area (Å²) in [4.78, 5) is 12.6. The van der Waals surface area contributed by atoms with Crippen LogP contribution in [0.5, 0.6) is 0 Å². The van der Waals surface area contributed by atoms with Gasteiger partial charge in [-0.05, 0) is 44.2 Å². The fraction of sp³-hybridized carbons (Fsp3) is 0.550. The molecule has 1 aromatic heterocycles. The van der Waals surface area contributed by atoms with E-state index >= 15 is 0 Å². The van der Waals surface area contributed by atoms with Crippen molar-refractivity contribution in [2.75, 3.05) is 5.32 Å². The average molecular weight is 405 g/mol. The third-order valence-corrected chi connectivity index (χ3v) is 7.41. The monoisotopic (exact) mass is 404 g/mol. The summed E-state index contributed by atoms with van der Waals surface area (Å²) in [6.45, 7) is 8.53. The molecular formula is C20H28N4OS2. The number of anilines is 2. The lowest BCUT2D eigenvalue weighted by molar-refractivity contribution is -0.121. The minimum atomic E-state index is -0.186. The van der Waals surface area contributed by atoms with Crippen LogP contribution in [0.2, 0.25) is 0 Å². The standard InChI is InChI=1S/C20H28N4OS2/c1-12-8-10-16(11-9-12)21-19-23-24-20(27-19)26-15(4)18(25)22-17-7-5-6-13(2)14(17)3/h8-11,13-15,17H,5-7H2,1-4H3,(H,21,23)(H,22,25). The maximum atomic E-state index is 12.6. The Kier molecular flexibility index (Phi) is 6.76. The van der Waals surface area contributed by atoms with E-state index in [1.54, 1.807) is 0 Å². The number of rotatable bonds is 6. The summed E-state index contributed by atoms with van der Waals surface area (Å²) in [5, 5.41) is 15.5. The Morgan fingerprint density at radius 2 is 1.96 bits per heavy atom. The highest BCUT2D eigenvalue weighted by Crippen LogP contribution is 2.32. The van der Waals surface area contributed by atoms with Gasteiger partial charge in [-0.25, -0.2) is 0 Å². The smallest absolute Gasteiger partial charge is 0.233 e. The first-order valence-corrected chi connectivity index (χ1v) is 11.3. The molecule has 1 saturated carbocycles. The van der Waals surface area contributed by atoms with Gasteiger partial charge in [0.2, 0.25) is 11.0 Å². The number of nitrogens with one attached hydrogen (secondary N) is 2. The molecule has 0 saturated heterocycles. The van der Waals surface area contributed by atoms with Gasteiger partial charge in [0.1, 0.15) is 0 Å². The second-order valence-corrected chi connectivity index (χ2v) is 10.1. The maximum Gasteiger partial charge on any atom is 0.233 e. The van der Waals surface area contributed by atoms with Crippen molar-refractivity contribution in [3.63, 3.8) is 0 Å². The van der Waals surface area contributed by atoms with E-state index in [2.05, 4.69) is 53.7 Å². The number of benzene rings is 1. The van der Waals surface area contributed by atoms with Crippen molar-refractivity contribution in [3.05, 3.63) is 29.8 Å². The summed E-state index contributed by atoms with van der Waals surface area (Å²) in [7, 11) is 0. The highest BCUT2D eigenvalue weighted by atomic mass is 32.2. The van der Waals surface area contributed by atoms with Gasteiger partial charge in [-0.3, -0.25) is 4.79 Å². The highest BCUT2D eigenvalue weighted by molar-refractivity contribution is 8.02. The SMILES string of the molecule is Cc1ccc(Nc2nnc(SC(C)C(=O)NC3CCCC(C)C3C)s2)cc1. The second-order valence-electron chi connectivity index (χ2n) is 7.51. The van der Waals surface area contributed by atoms with Gasteiger partial charge >= 0.3 is 0 Å². The van der Waals surface area contributed by atoms with Crippen molar-refractivity contribution in [2.24, 2.45) is 11.8 Å². The molecule has 1 aliphatic rings. The molecule has 0 radical (unpaired) electrons. The van der Waals surface area contributed by atoms with Crippen LogP contribution in [-0.2, 0) is 4.79 Å². The molecule has 0 aliphatic heterocycles. The molecule has 2 aromatic rings. The van der Waals surface area contributed by atoms with Gasteiger partial charge < -0.3 is 10.6 Å². The topological polar surface area (TPSA) is 66.9 Å². The van der Waals surface area contributed by atoms with Crippen LogP contribution in [0, 0.1) is 18.8 Å². The van der Waals surface area contributed by atoms with Crippen LogP contribution in [0.1, 0.15) is 45.6 Å². The molecule has 146 valence electrons. The van der Waals surface area contributed by atoms with Crippen molar-refractivity contribution in [3.8, 4) is 0 Å². The van der Waals surface area contributed by atoms with Gasteiger partial charge in [0.05, 0.1) is 5.25 Å². The Morgan fingerprint density at radius 3 is 2.70 bits per heavy atom. The summed E-state index contributed by atoms with van der Waals surface area (Å²) in [5.74, 6) is 1.30. The summed E-state index contributed by atoms with van der Waals surface area (Å²) in [5.41, 5.74) is 2.20. The summed E-state index contributed by atoms with van der Waals surface area (Å²) < 4.78 is 0.803. The van der Waals surface area contributed by atoms with E-state index in [1.165, 1.54) is 41.5 Å². The van der Waals surface area contributed by atoms with E-state index in [0.29, 0.717) is 11.8 Å². The van der Waals surface area contributed by atoms with E-state index in [9.17, 15) is 4.79 Å². The third-order valence-electron chi connectivity index (χ3n) is 5.39. The predicted molar refractivity (Wildman–Crippen MR) is 114 cm³/mol. The van der Waals surface area contributed by atoms with Gasteiger partial charge in [-0.1, -0.05) is 67.5 Å². The summed E-state index contributed by atoms with van der Waals surface area (Å²) in [6.07, 6.45) is 3.54. The van der Waals surface area contributed by atoms with Gasteiger partial charge in [0, 0.05) is 11.7 Å². The van der Waals surface area contributed by atoms with E-state index in [4.69, 9.17) is 0 Å². The fourth-order valence-corrected chi connectivity index (χ4v) is 5.28. The lowest BCUT2D eigenvalue weighted by Crippen LogP contribution is -2.46. The van der Waals surface area contributed by atoms with Crippen LogP contribution in [-0.4, -0.2) is 27.4 Å². The molecule has 27 heavy (non-hydrogen) atoms. The van der Waals surface area contributed by atoms with Gasteiger partial charge in [-0.15, -0.1) is 10.2 Å². The van der Waals surface area contributed by atoms with Gasteiger partial charge in [0.15, 0.2) is 4.34 Å². The Morgan fingerprint density at radius 1 is 1.22 bits per heavy atom. The first-order chi connectivity index (χ1) is 12.9. The van der Waals surface area contributed by atoms with Crippen molar-refractivity contribution in [1.29, 1.82) is 0 Å². The largest absolute Gasteiger partial charge is 0.352 e. The van der Waals surface area contributed by atoms with Crippen LogP contribution in [0.15, 0.2) is 28.6 Å². The molecule has 7 heteroatoms. The Hall–Kier alpha value is -1.60. The maximum absolute atomic E-state index is 12.6. The van der Waals surface area contributed by atoms with Crippen LogP contribution >= 0.6 is 23.1 Å². The summed E-state index contributed by atoms with van der Waals surface area (Å²) >= 11 is 2.94. The molecule has 2 N–H and O–H groups in total. The molecule has 3 rings (SSSR count). The Balaban J connectivity index is 1.53. The quantitative estimate of drug-likeness (QED) is 0.662. The van der Waals surface area contributed by atoms with Crippen molar-refractivity contribution >= 4 is 39.8 Å². The van der Waals surface area contributed by atoms with Crippen molar-refractivity contribution in [1.82, 2.24) is 15.5 Å². The molecule has 1 aromatic carbocycles. The van der Waals surface area contributed by atoms with Crippen molar-refractivity contribution < 1.29 is 4.79 Å². The molecular weight excluding hydrogens is 376 g/mol. The van der Waals surface area contributed by atoms with Crippen LogP contribution in [0.3, 0.4) is 0 Å². The normalized spacial score (nSPS) is 23.6. The average Bonchev–Trinajstić information content (AvgIpc) is 3.07. The molecule has 1 amide bonds. The molecule has 4 atom stereocenters. The third kappa shape index (κ3) is 5.45. The summed E-state index contributed by atoms with van der Waals surface area (Å²) in [6, 6.07) is 8.44. The first kappa shape index (κ1) is 20.1. The number of thioether (sulfide) groups is 1. The minimum Gasteiger partial charge on any atom is -0.352 e. The molecule has 0 bridgehead atoms. The van der Waals surface area contributed by atoms with Crippen LogP contribution < -0.4 is 10.6 Å². The molecule has 1 aliphatic carbocycles. The Bertz CT molecular complexity index is 762. The zero-order valence-electron chi connectivity index (χ0n) is 16.4. The number of hydrogen-bond donors (Lipinski definition) is 2. The number of aromatic nitrogens is 2. The van der Waals surface area contributed by atoms with Gasteiger partial charge in [-0.2, -0.15) is 0 Å². The number of carbonyl (C=O) groups excluding carboxylic acids is 1. The van der Waals surface area contributed by atoms with E-state index in [-0.39, 0.29) is 17.2 Å². The molecule has 1 fully saturated rings. The van der Waals surface area contributed by atoms with Crippen LogP contribution in [0.25, 0.3) is 0 Å². The second kappa shape index (κ2) is 9.06. The number of carbonyl (C=O) groups is 1. The number of amides is 1. The van der Waals surface area contributed by atoms with E-state index in [0.717, 1.165) is 21.6 Å². The zero-order valence-corrected chi connectivity index (χ0v) is 18.0. The minimum absolute atomic E-state index is 0.0918. The predicted octanol–water partition coefficient (Wildman–Crippen LogP) is 5.01. The number of aryl methyl sites for hydroxylation is 1. The number of hydrogen-bond acceptors (Lipinski definition) is 6. The molecule has 0 spiro atoms. The first-order valence-electron chi connectivity index (χ1n) is 9.56.